The largest absolute Gasteiger partial charge is 0.333 e. The van der Waals surface area contributed by atoms with Crippen LogP contribution in [0.4, 0.5) is 5.69 Å². The maximum Gasteiger partial charge on any atom is 0.0626 e. The molecule has 0 bridgehead atoms. The van der Waals surface area contributed by atoms with Gasteiger partial charge >= 0.3 is 0 Å². The van der Waals surface area contributed by atoms with Crippen LogP contribution >= 0.6 is 0 Å². The average molecular weight is 676 g/mol. The van der Waals surface area contributed by atoms with Crippen LogP contribution in [0.5, 0.6) is 0 Å². The predicted molar refractivity (Wildman–Crippen MR) is 226 cm³/mol. The molecule has 0 fully saturated rings. The first kappa shape index (κ1) is 31.1. The molecule has 0 aliphatic carbocycles. The summed E-state index contributed by atoms with van der Waals surface area (Å²) in [5, 5.41) is 7.55. The monoisotopic (exact) mass is 675 g/mol. The Balaban J connectivity index is 1.26. The Labute approximate surface area is 310 Å². The molecular weight excluding hydrogens is 639 g/mol. The van der Waals surface area contributed by atoms with Gasteiger partial charge < -0.3 is 4.90 Å². The maximum atomic E-state index is 2.57. The molecule has 0 amide bonds. The van der Waals surface area contributed by atoms with Crippen LogP contribution in [0.3, 0.4) is 0 Å². The number of benzene rings is 9. The van der Waals surface area contributed by atoms with Crippen LogP contribution in [0.2, 0.25) is 0 Å². The Morgan fingerprint density at radius 1 is 0.377 bits per heavy atom. The third-order valence-corrected chi connectivity index (χ3v) is 11.0. The van der Waals surface area contributed by atoms with E-state index in [0.29, 0.717) is 0 Å². The van der Waals surface area contributed by atoms with Gasteiger partial charge in [0.05, 0.1) is 6.04 Å². The van der Waals surface area contributed by atoms with E-state index in [1.807, 2.05) is 0 Å². The van der Waals surface area contributed by atoms with E-state index in [-0.39, 0.29) is 6.04 Å². The molecule has 0 N–H and O–H groups in total. The molecule has 0 saturated heterocycles. The van der Waals surface area contributed by atoms with Crippen LogP contribution in [-0.2, 0) is 0 Å². The van der Waals surface area contributed by atoms with Crippen LogP contribution in [0, 0.1) is 0 Å². The molecule has 0 radical (unpaired) electrons. The summed E-state index contributed by atoms with van der Waals surface area (Å²) in [7, 11) is 0. The summed E-state index contributed by atoms with van der Waals surface area (Å²) in [4.78, 5) is 2.57. The van der Waals surface area contributed by atoms with Gasteiger partial charge in [0.25, 0.3) is 0 Å². The summed E-state index contributed by atoms with van der Waals surface area (Å²) >= 11 is 0. The summed E-state index contributed by atoms with van der Waals surface area (Å²) in [5.74, 6) is 0. The second-order valence-corrected chi connectivity index (χ2v) is 14.0. The van der Waals surface area contributed by atoms with Crippen LogP contribution in [-0.4, -0.2) is 0 Å². The molecular formula is C52H37N. The molecule has 9 aromatic carbocycles. The summed E-state index contributed by atoms with van der Waals surface area (Å²) in [5.41, 5.74) is 12.5. The first-order valence-electron chi connectivity index (χ1n) is 18.5. The Kier molecular flexibility index (Phi) is 7.69. The van der Waals surface area contributed by atoms with E-state index in [2.05, 4.69) is 211 Å². The number of nitrogens with zero attached hydrogens (tertiary/aromatic N) is 1. The van der Waals surface area contributed by atoms with E-state index in [1.165, 1.54) is 88.2 Å². The quantitative estimate of drug-likeness (QED) is 0.159. The molecule has 1 heterocycles. The summed E-state index contributed by atoms with van der Waals surface area (Å²) < 4.78 is 0. The normalized spacial score (nSPS) is 14.2. The zero-order valence-corrected chi connectivity index (χ0v) is 29.4. The summed E-state index contributed by atoms with van der Waals surface area (Å²) in [6, 6.07) is 73.6. The molecule has 0 saturated carbocycles. The molecule has 1 aliphatic rings. The van der Waals surface area contributed by atoms with Gasteiger partial charge in [0, 0.05) is 11.4 Å². The van der Waals surface area contributed by atoms with Crippen molar-refractivity contribution in [3.63, 3.8) is 0 Å². The van der Waals surface area contributed by atoms with Crippen molar-refractivity contribution < 1.29 is 0 Å². The number of rotatable bonds is 6. The lowest BCUT2D eigenvalue weighted by atomic mass is 9.84. The predicted octanol–water partition coefficient (Wildman–Crippen LogP) is 14.1. The van der Waals surface area contributed by atoms with Crippen LogP contribution in [0.25, 0.3) is 71.4 Å². The van der Waals surface area contributed by atoms with Crippen molar-refractivity contribution in [2.45, 2.75) is 12.5 Å². The van der Waals surface area contributed by atoms with E-state index in [4.69, 9.17) is 0 Å². The second kappa shape index (κ2) is 13.1. The molecule has 0 aromatic heterocycles. The number of anilines is 1. The number of fused-ring (bicyclic) bond motifs is 3. The first-order valence-corrected chi connectivity index (χ1v) is 18.5. The summed E-state index contributed by atoms with van der Waals surface area (Å²) in [6.07, 6.45) is 3.36. The van der Waals surface area contributed by atoms with Crippen molar-refractivity contribution >= 4 is 43.7 Å². The van der Waals surface area contributed by atoms with Gasteiger partial charge in [0.1, 0.15) is 0 Å². The lowest BCUT2D eigenvalue weighted by Crippen LogP contribution is -2.22. The summed E-state index contributed by atoms with van der Waals surface area (Å²) in [6.45, 7) is 0. The zero-order valence-electron chi connectivity index (χ0n) is 29.4. The molecule has 1 atom stereocenters. The number of hydrogen-bond donors (Lipinski definition) is 0. The van der Waals surface area contributed by atoms with Crippen molar-refractivity contribution in [2.75, 3.05) is 4.90 Å². The molecule has 53 heavy (non-hydrogen) atoms. The molecule has 10 rings (SSSR count). The van der Waals surface area contributed by atoms with Crippen molar-refractivity contribution in [2.24, 2.45) is 0 Å². The van der Waals surface area contributed by atoms with E-state index in [0.717, 1.165) is 6.42 Å². The zero-order chi connectivity index (χ0) is 35.1. The molecule has 1 aliphatic heterocycles. The number of hydrogen-bond acceptors (Lipinski definition) is 1. The highest BCUT2D eigenvalue weighted by Gasteiger charge is 2.30. The highest BCUT2D eigenvalue weighted by atomic mass is 15.2. The van der Waals surface area contributed by atoms with Crippen molar-refractivity contribution in [3.05, 3.63) is 217 Å². The molecule has 250 valence electrons. The Morgan fingerprint density at radius 2 is 0.925 bits per heavy atom. The maximum absolute atomic E-state index is 2.57. The molecule has 1 nitrogen and oxygen atoms in total. The van der Waals surface area contributed by atoms with E-state index < -0.39 is 0 Å². The third kappa shape index (κ3) is 5.41. The Bertz CT molecular complexity index is 2780. The fourth-order valence-corrected chi connectivity index (χ4v) is 8.56. The third-order valence-electron chi connectivity index (χ3n) is 11.0. The van der Waals surface area contributed by atoms with Gasteiger partial charge in [-0.1, -0.05) is 194 Å². The van der Waals surface area contributed by atoms with Gasteiger partial charge in [-0.2, -0.15) is 0 Å². The highest BCUT2D eigenvalue weighted by molar-refractivity contribution is 6.24. The van der Waals surface area contributed by atoms with Crippen molar-refractivity contribution in [3.8, 4) is 33.4 Å². The smallest absolute Gasteiger partial charge is 0.0626 e. The van der Waals surface area contributed by atoms with Crippen LogP contribution in [0.1, 0.15) is 23.6 Å². The molecule has 1 unspecified atom stereocenters. The second-order valence-electron chi connectivity index (χ2n) is 14.0. The van der Waals surface area contributed by atoms with E-state index in [1.54, 1.807) is 0 Å². The molecule has 1 heteroatoms. The average Bonchev–Trinajstić information content (AvgIpc) is 3.69. The van der Waals surface area contributed by atoms with Gasteiger partial charge in [0.2, 0.25) is 0 Å². The van der Waals surface area contributed by atoms with Crippen LogP contribution in [0.15, 0.2) is 206 Å². The molecule has 0 spiro atoms. The van der Waals surface area contributed by atoms with Crippen molar-refractivity contribution in [1.29, 1.82) is 0 Å². The van der Waals surface area contributed by atoms with Gasteiger partial charge in [-0.25, -0.2) is 0 Å². The lowest BCUT2D eigenvalue weighted by molar-refractivity contribution is 0.749. The minimum absolute atomic E-state index is 0.190. The highest BCUT2D eigenvalue weighted by Crippen LogP contribution is 2.49. The molecule has 9 aromatic rings. The minimum Gasteiger partial charge on any atom is -0.333 e. The lowest BCUT2D eigenvalue weighted by Gasteiger charge is -2.31. The van der Waals surface area contributed by atoms with Gasteiger partial charge in [0.15, 0.2) is 0 Å². The first-order chi connectivity index (χ1) is 26.3. The SMILES string of the molecule is C1=C(c2ccccc2)N(c2ccc3c(-c4cccc5ccccc45)c4ccccc4c(-c4ccc(-c5ccccc5)cc4)c3c2)C(c2ccccc2)C1. The fourth-order valence-electron chi connectivity index (χ4n) is 8.56. The van der Waals surface area contributed by atoms with Gasteiger partial charge in [-0.15, -0.1) is 0 Å². The van der Waals surface area contributed by atoms with E-state index >= 15 is 0 Å². The van der Waals surface area contributed by atoms with Gasteiger partial charge in [-0.3, -0.25) is 0 Å². The standard InChI is InChI=1S/C52H37N/c1-4-15-36(16-5-1)37-27-29-41(30-28-37)51-45-24-12-13-25-46(45)52(44-26-14-22-38-17-10-11-23-43(38)44)47-32-31-42(35-48(47)51)53-49(39-18-6-2-7-19-39)33-34-50(53)40-20-8-3-9-21-40/h1-33,35,50H,34H2. The Morgan fingerprint density at radius 3 is 1.66 bits per heavy atom. The van der Waals surface area contributed by atoms with Gasteiger partial charge in [-0.05, 0) is 95.4 Å². The topological polar surface area (TPSA) is 3.24 Å². The fraction of sp³-hybridized carbons (Fsp3) is 0.0385. The minimum atomic E-state index is 0.190. The Hall–Kier alpha value is -6.70. The van der Waals surface area contributed by atoms with Crippen LogP contribution < -0.4 is 4.90 Å². The van der Waals surface area contributed by atoms with Crippen molar-refractivity contribution in [1.82, 2.24) is 0 Å². The van der Waals surface area contributed by atoms with E-state index in [9.17, 15) is 0 Å².